The summed E-state index contributed by atoms with van der Waals surface area (Å²) in [6, 6.07) is 16.2. The Kier molecular flexibility index (Phi) is 3.45. The van der Waals surface area contributed by atoms with Crippen LogP contribution in [0.15, 0.2) is 54.7 Å². The van der Waals surface area contributed by atoms with Gasteiger partial charge >= 0.3 is 0 Å². The molecule has 0 bridgehead atoms. The van der Waals surface area contributed by atoms with Crippen LogP contribution in [0.4, 0.5) is 0 Å². The van der Waals surface area contributed by atoms with Gasteiger partial charge in [0.2, 0.25) is 0 Å². The molecule has 1 aromatic heterocycles. The molecule has 2 aromatic carbocycles. The predicted molar refractivity (Wildman–Crippen MR) is 97.4 cm³/mol. The number of para-hydroxylation sites is 1. The lowest BCUT2D eigenvalue weighted by Crippen LogP contribution is -2.34. The largest absolute Gasteiger partial charge is 0.361 e. The molecule has 1 aliphatic rings. The molecule has 0 aliphatic heterocycles. The van der Waals surface area contributed by atoms with Gasteiger partial charge in [0.15, 0.2) is 0 Å². The molecule has 1 fully saturated rings. The molecular weight excluding hydrogens is 296 g/mol. The number of likely N-dealkylation sites (N-methyl/N-ethyl adjacent to an activating group) is 1. The topological polar surface area (TPSA) is 36.1 Å². The number of H-pyrrole nitrogens is 1. The average Bonchev–Trinajstić information content (AvgIpc) is 3.22. The van der Waals surface area contributed by atoms with Crippen molar-refractivity contribution in [3.05, 3.63) is 71.4 Å². The fourth-order valence-corrected chi connectivity index (χ4v) is 3.70. The number of nitrogens with one attached hydrogen (secondary N) is 1. The second-order valence-corrected chi connectivity index (χ2v) is 7.06. The SMILES string of the molecule is Cc1cccc(C(=O)N(C)CC2(c3c[nH]c4ccccc34)CC2)c1. The number of nitrogens with zero attached hydrogens (tertiary/aromatic N) is 1. The Balaban J connectivity index is 1.59. The summed E-state index contributed by atoms with van der Waals surface area (Å²) in [5, 5.41) is 1.28. The van der Waals surface area contributed by atoms with Gasteiger partial charge in [0.1, 0.15) is 0 Å². The van der Waals surface area contributed by atoms with E-state index in [0.29, 0.717) is 0 Å². The first-order valence-electron chi connectivity index (χ1n) is 8.48. The van der Waals surface area contributed by atoms with Gasteiger partial charge in [-0.3, -0.25) is 4.79 Å². The minimum absolute atomic E-state index is 0.102. The highest BCUT2D eigenvalue weighted by Gasteiger charge is 2.47. The maximum Gasteiger partial charge on any atom is 0.253 e. The van der Waals surface area contributed by atoms with Gasteiger partial charge < -0.3 is 9.88 Å². The van der Waals surface area contributed by atoms with E-state index in [1.807, 2.05) is 43.1 Å². The highest BCUT2D eigenvalue weighted by molar-refractivity contribution is 5.94. The Morgan fingerprint density at radius 3 is 2.71 bits per heavy atom. The number of fused-ring (bicyclic) bond motifs is 1. The van der Waals surface area contributed by atoms with Crippen molar-refractivity contribution in [1.82, 2.24) is 9.88 Å². The smallest absolute Gasteiger partial charge is 0.253 e. The van der Waals surface area contributed by atoms with Gasteiger partial charge in [-0.2, -0.15) is 0 Å². The molecule has 24 heavy (non-hydrogen) atoms. The van der Waals surface area contributed by atoms with Crippen molar-refractivity contribution in [1.29, 1.82) is 0 Å². The van der Waals surface area contributed by atoms with Crippen molar-refractivity contribution in [3.63, 3.8) is 0 Å². The molecule has 3 aromatic rings. The van der Waals surface area contributed by atoms with Crippen LogP contribution in [0.5, 0.6) is 0 Å². The molecule has 0 spiro atoms. The van der Waals surface area contributed by atoms with Gasteiger partial charge in [0.05, 0.1) is 0 Å². The molecule has 0 atom stereocenters. The quantitative estimate of drug-likeness (QED) is 0.766. The third kappa shape index (κ3) is 2.50. The highest BCUT2D eigenvalue weighted by Crippen LogP contribution is 2.50. The molecule has 1 amide bonds. The zero-order chi connectivity index (χ0) is 16.7. The zero-order valence-corrected chi connectivity index (χ0v) is 14.2. The summed E-state index contributed by atoms with van der Waals surface area (Å²) < 4.78 is 0. The Labute approximate surface area is 142 Å². The van der Waals surface area contributed by atoms with Crippen molar-refractivity contribution in [3.8, 4) is 0 Å². The Hall–Kier alpha value is -2.55. The van der Waals surface area contributed by atoms with Crippen LogP contribution in [0.1, 0.15) is 34.3 Å². The van der Waals surface area contributed by atoms with Crippen LogP contribution in [-0.4, -0.2) is 29.4 Å². The lowest BCUT2D eigenvalue weighted by molar-refractivity contribution is 0.0781. The normalized spacial score (nSPS) is 15.4. The maximum absolute atomic E-state index is 12.8. The first kappa shape index (κ1) is 15.0. The number of hydrogen-bond acceptors (Lipinski definition) is 1. The fraction of sp³-hybridized carbons (Fsp3) is 0.286. The monoisotopic (exact) mass is 318 g/mol. The van der Waals surface area contributed by atoms with Gasteiger partial charge in [-0.1, -0.05) is 35.9 Å². The van der Waals surface area contributed by atoms with Gasteiger partial charge in [-0.25, -0.2) is 0 Å². The third-order valence-electron chi connectivity index (χ3n) is 5.17. The predicted octanol–water partition coefficient (Wildman–Crippen LogP) is 4.28. The zero-order valence-electron chi connectivity index (χ0n) is 14.2. The average molecular weight is 318 g/mol. The van der Waals surface area contributed by atoms with E-state index < -0.39 is 0 Å². The minimum Gasteiger partial charge on any atom is -0.361 e. The Morgan fingerprint density at radius 1 is 1.17 bits per heavy atom. The van der Waals surface area contributed by atoms with E-state index in [0.717, 1.165) is 30.5 Å². The molecule has 0 saturated heterocycles. The Bertz CT molecular complexity index is 905. The van der Waals surface area contributed by atoms with Crippen LogP contribution < -0.4 is 0 Å². The van der Waals surface area contributed by atoms with Crippen LogP contribution >= 0.6 is 0 Å². The molecule has 0 radical (unpaired) electrons. The molecule has 3 heteroatoms. The third-order valence-corrected chi connectivity index (χ3v) is 5.17. The van der Waals surface area contributed by atoms with E-state index in [4.69, 9.17) is 0 Å². The van der Waals surface area contributed by atoms with Gasteiger partial charge in [-0.05, 0) is 43.5 Å². The van der Waals surface area contributed by atoms with E-state index in [1.54, 1.807) is 0 Å². The second kappa shape index (κ2) is 5.52. The molecular formula is C21H22N2O. The Morgan fingerprint density at radius 2 is 1.96 bits per heavy atom. The standard InChI is InChI=1S/C21H22N2O/c1-15-6-5-7-16(12-15)20(24)23(2)14-21(10-11-21)18-13-22-19-9-4-3-8-17(18)19/h3-9,12-13,22H,10-11,14H2,1-2H3. The van der Waals surface area contributed by atoms with E-state index in [2.05, 4.69) is 35.4 Å². The number of aromatic nitrogens is 1. The lowest BCUT2D eigenvalue weighted by Gasteiger charge is -2.24. The molecule has 1 saturated carbocycles. The summed E-state index contributed by atoms with van der Waals surface area (Å²) >= 11 is 0. The molecule has 1 heterocycles. The first-order valence-corrected chi connectivity index (χ1v) is 8.48. The van der Waals surface area contributed by atoms with Crippen molar-refractivity contribution in [2.45, 2.75) is 25.2 Å². The number of aryl methyl sites for hydroxylation is 1. The molecule has 122 valence electrons. The van der Waals surface area contributed by atoms with Crippen molar-refractivity contribution >= 4 is 16.8 Å². The summed E-state index contributed by atoms with van der Waals surface area (Å²) in [5.41, 5.74) is 4.51. The van der Waals surface area contributed by atoms with Gasteiger partial charge in [0, 0.05) is 41.7 Å². The number of carbonyl (C=O) groups excluding carboxylic acids is 1. The number of amides is 1. The first-order chi connectivity index (χ1) is 11.6. The summed E-state index contributed by atoms with van der Waals surface area (Å²) in [5.74, 6) is 0.102. The van der Waals surface area contributed by atoms with E-state index in [-0.39, 0.29) is 11.3 Å². The molecule has 0 unspecified atom stereocenters. The van der Waals surface area contributed by atoms with Gasteiger partial charge in [0.25, 0.3) is 5.91 Å². The number of benzene rings is 2. The fourth-order valence-electron chi connectivity index (χ4n) is 3.70. The number of rotatable bonds is 4. The van der Waals surface area contributed by atoms with Crippen LogP contribution in [0.3, 0.4) is 0 Å². The van der Waals surface area contributed by atoms with E-state index in [1.165, 1.54) is 16.5 Å². The molecule has 1 aliphatic carbocycles. The van der Waals surface area contributed by atoms with Crippen LogP contribution in [0.2, 0.25) is 0 Å². The minimum atomic E-state index is 0.102. The molecule has 3 nitrogen and oxygen atoms in total. The molecule has 1 N–H and O–H groups in total. The van der Waals surface area contributed by atoms with Crippen molar-refractivity contribution in [2.75, 3.05) is 13.6 Å². The maximum atomic E-state index is 12.8. The van der Waals surface area contributed by atoms with E-state index >= 15 is 0 Å². The van der Waals surface area contributed by atoms with Crippen molar-refractivity contribution in [2.24, 2.45) is 0 Å². The summed E-state index contributed by atoms with van der Waals surface area (Å²) in [4.78, 5) is 18.0. The summed E-state index contributed by atoms with van der Waals surface area (Å²) in [6.45, 7) is 2.78. The highest BCUT2D eigenvalue weighted by atomic mass is 16.2. The lowest BCUT2D eigenvalue weighted by atomic mass is 9.94. The number of aromatic amines is 1. The van der Waals surface area contributed by atoms with Gasteiger partial charge in [-0.15, -0.1) is 0 Å². The second-order valence-electron chi connectivity index (χ2n) is 7.06. The summed E-state index contributed by atoms with van der Waals surface area (Å²) in [6.07, 6.45) is 4.41. The number of hydrogen-bond donors (Lipinski definition) is 1. The van der Waals surface area contributed by atoms with Crippen LogP contribution in [-0.2, 0) is 5.41 Å². The van der Waals surface area contributed by atoms with Crippen LogP contribution in [0.25, 0.3) is 10.9 Å². The van der Waals surface area contributed by atoms with Crippen molar-refractivity contribution < 1.29 is 4.79 Å². The molecule has 4 rings (SSSR count). The van der Waals surface area contributed by atoms with Crippen LogP contribution in [0, 0.1) is 6.92 Å². The van der Waals surface area contributed by atoms with E-state index in [9.17, 15) is 4.79 Å². The number of carbonyl (C=O) groups is 1. The summed E-state index contributed by atoms with van der Waals surface area (Å²) in [7, 11) is 1.92.